The van der Waals surface area contributed by atoms with Crippen molar-refractivity contribution >= 4 is 17.8 Å². The zero-order valence-corrected chi connectivity index (χ0v) is 14.4. The topological polar surface area (TPSA) is 97.0 Å². The van der Waals surface area contributed by atoms with Crippen molar-refractivity contribution in [2.75, 3.05) is 13.3 Å². The Morgan fingerprint density at radius 3 is 2.77 bits per heavy atom. The number of nitrogens with zero attached hydrogens (tertiary/aromatic N) is 1. The van der Waals surface area contributed by atoms with Crippen molar-refractivity contribution in [3.05, 3.63) is 23.8 Å². The molecule has 0 bridgehead atoms. The Morgan fingerprint density at radius 2 is 1.96 bits per heavy atom. The third kappa shape index (κ3) is 2.95. The lowest BCUT2D eigenvalue weighted by Gasteiger charge is -2.19. The van der Waals surface area contributed by atoms with Crippen molar-refractivity contribution in [1.82, 2.24) is 15.5 Å². The Morgan fingerprint density at radius 1 is 1.19 bits per heavy atom. The Hall–Kier alpha value is -2.77. The van der Waals surface area contributed by atoms with Gasteiger partial charge in [0.25, 0.3) is 5.91 Å². The quantitative estimate of drug-likeness (QED) is 0.772. The van der Waals surface area contributed by atoms with Gasteiger partial charge in [-0.05, 0) is 30.5 Å². The van der Waals surface area contributed by atoms with Gasteiger partial charge in [0.15, 0.2) is 11.5 Å². The van der Waals surface area contributed by atoms with E-state index in [-0.39, 0.29) is 37.6 Å². The molecule has 2 heterocycles. The minimum Gasteiger partial charge on any atom is -0.454 e. The highest BCUT2D eigenvalue weighted by Gasteiger charge is 2.52. The van der Waals surface area contributed by atoms with Gasteiger partial charge in [0.1, 0.15) is 5.54 Å². The first-order chi connectivity index (χ1) is 12.6. The van der Waals surface area contributed by atoms with Crippen molar-refractivity contribution in [2.45, 2.75) is 44.2 Å². The zero-order chi connectivity index (χ0) is 18.1. The van der Waals surface area contributed by atoms with E-state index in [2.05, 4.69) is 10.6 Å². The third-order valence-corrected chi connectivity index (χ3v) is 5.19. The highest BCUT2D eigenvalue weighted by Crippen LogP contribution is 2.35. The number of rotatable bonds is 5. The average Bonchev–Trinajstić information content (AvgIpc) is 3.33. The van der Waals surface area contributed by atoms with Crippen LogP contribution >= 0.6 is 0 Å². The number of hydrogen-bond acceptors (Lipinski definition) is 5. The second-order valence-electron chi connectivity index (χ2n) is 6.89. The van der Waals surface area contributed by atoms with Crippen molar-refractivity contribution in [2.24, 2.45) is 0 Å². The molecule has 8 nitrogen and oxygen atoms in total. The number of fused-ring (bicyclic) bond motifs is 1. The first-order valence-electron chi connectivity index (χ1n) is 8.87. The summed E-state index contributed by atoms with van der Waals surface area (Å²) < 4.78 is 10.6. The minimum absolute atomic E-state index is 0.0831. The molecule has 2 N–H and O–H groups in total. The van der Waals surface area contributed by atoms with Crippen LogP contribution in [0.2, 0.25) is 0 Å². The molecular formula is C18H21N3O5. The largest absolute Gasteiger partial charge is 0.454 e. The monoisotopic (exact) mass is 359 g/mol. The lowest BCUT2D eigenvalue weighted by Crippen LogP contribution is -2.44. The standard InChI is InChI=1S/C18H21N3O5/c22-15(19-10-12-3-4-13-14(9-12)26-11-25-13)5-8-21-16(23)18(20-17(21)24)6-1-2-7-18/h3-4,9H,1-2,5-8,10-11H2,(H,19,22)(H,20,24). The van der Waals surface area contributed by atoms with E-state index in [1.54, 1.807) is 6.07 Å². The summed E-state index contributed by atoms with van der Waals surface area (Å²) in [5.41, 5.74) is 0.169. The maximum atomic E-state index is 12.5. The van der Waals surface area contributed by atoms with Crippen LogP contribution in [0.3, 0.4) is 0 Å². The molecule has 1 saturated heterocycles. The molecule has 26 heavy (non-hydrogen) atoms. The molecule has 0 aromatic heterocycles. The Kier molecular flexibility index (Phi) is 4.18. The Bertz CT molecular complexity index is 757. The number of amides is 4. The smallest absolute Gasteiger partial charge is 0.325 e. The molecular weight excluding hydrogens is 338 g/mol. The Balaban J connectivity index is 1.28. The molecule has 3 aliphatic rings. The van der Waals surface area contributed by atoms with E-state index >= 15 is 0 Å². The summed E-state index contributed by atoms with van der Waals surface area (Å²) in [7, 11) is 0. The number of hydrogen-bond donors (Lipinski definition) is 2. The van der Waals surface area contributed by atoms with E-state index in [0.717, 1.165) is 18.4 Å². The van der Waals surface area contributed by atoms with Crippen molar-refractivity contribution in [3.8, 4) is 11.5 Å². The lowest BCUT2D eigenvalue weighted by atomic mass is 9.98. The summed E-state index contributed by atoms with van der Waals surface area (Å²) in [5, 5.41) is 5.61. The van der Waals surface area contributed by atoms with Crippen LogP contribution in [0.15, 0.2) is 18.2 Å². The first-order valence-corrected chi connectivity index (χ1v) is 8.87. The van der Waals surface area contributed by atoms with E-state index in [0.29, 0.717) is 30.9 Å². The SMILES string of the molecule is O=C(CCN1C(=O)NC2(CCCC2)C1=O)NCc1ccc2c(c1)OCO2. The normalized spacial score (nSPS) is 19.9. The van der Waals surface area contributed by atoms with Gasteiger partial charge in [-0.3, -0.25) is 14.5 Å². The van der Waals surface area contributed by atoms with Crippen LogP contribution in [0.5, 0.6) is 11.5 Å². The number of nitrogens with one attached hydrogen (secondary N) is 2. The van der Waals surface area contributed by atoms with Crippen LogP contribution in [0.1, 0.15) is 37.7 Å². The van der Waals surface area contributed by atoms with Gasteiger partial charge in [0, 0.05) is 19.5 Å². The predicted octanol–water partition coefficient (Wildman–Crippen LogP) is 1.29. The van der Waals surface area contributed by atoms with Gasteiger partial charge >= 0.3 is 6.03 Å². The summed E-state index contributed by atoms with van der Waals surface area (Å²) in [6, 6.07) is 5.09. The van der Waals surface area contributed by atoms with E-state index in [9.17, 15) is 14.4 Å². The second-order valence-corrected chi connectivity index (χ2v) is 6.89. The predicted molar refractivity (Wildman–Crippen MR) is 90.5 cm³/mol. The minimum atomic E-state index is -0.722. The number of carbonyl (C=O) groups is 3. The van der Waals surface area contributed by atoms with Gasteiger partial charge in [-0.25, -0.2) is 4.79 Å². The van der Waals surface area contributed by atoms with E-state index in [4.69, 9.17) is 9.47 Å². The highest BCUT2D eigenvalue weighted by molar-refractivity contribution is 6.07. The number of ether oxygens (including phenoxy) is 2. The summed E-state index contributed by atoms with van der Waals surface area (Å²) in [6.07, 6.45) is 3.33. The molecule has 1 aromatic rings. The lowest BCUT2D eigenvalue weighted by molar-refractivity contribution is -0.131. The van der Waals surface area contributed by atoms with Gasteiger partial charge in [0.2, 0.25) is 12.7 Å². The fraction of sp³-hybridized carbons (Fsp3) is 0.500. The molecule has 1 saturated carbocycles. The molecule has 4 rings (SSSR count). The van der Waals surface area contributed by atoms with Crippen LogP contribution in [0.25, 0.3) is 0 Å². The molecule has 4 amide bonds. The Labute approximate surface area is 150 Å². The number of urea groups is 1. The van der Waals surface area contributed by atoms with E-state index < -0.39 is 5.54 Å². The molecule has 1 aromatic carbocycles. The van der Waals surface area contributed by atoms with Crippen LogP contribution < -0.4 is 20.1 Å². The number of benzene rings is 1. The molecule has 0 unspecified atom stereocenters. The van der Waals surface area contributed by atoms with Crippen LogP contribution in [0, 0.1) is 0 Å². The first kappa shape index (κ1) is 16.7. The molecule has 138 valence electrons. The molecule has 1 aliphatic carbocycles. The maximum Gasteiger partial charge on any atom is 0.325 e. The number of imide groups is 1. The molecule has 0 radical (unpaired) electrons. The summed E-state index contributed by atoms with van der Waals surface area (Å²) in [4.78, 5) is 37.9. The third-order valence-electron chi connectivity index (χ3n) is 5.19. The van der Waals surface area contributed by atoms with Gasteiger partial charge in [-0.15, -0.1) is 0 Å². The molecule has 2 fully saturated rings. The highest BCUT2D eigenvalue weighted by atomic mass is 16.7. The van der Waals surface area contributed by atoms with Gasteiger partial charge in [-0.2, -0.15) is 0 Å². The van der Waals surface area contributed by atoms with Crippen molar-refractivity contribution in [1.29, 1.82) is 0 Å². The summed E-state index contributed by atoms with van der Waals surface area (Å²) in [5.74, 6) is 0.955. The fourth-order valence-corrected chi connectivity index (χ4v) is 3.75. The molecule has 8 heteroatoms. The van der Waals surface area contributed by atoms with Crippen molar-refractivity contribution < 1.29 is 23.9 Å². The van der Waals surface area contributed by atoms with Crippen LogP contribution in [-0.2, 0) is 16.1 Å². The van der Waals surface area contributed by atoms with Crippen LogP contribution in [-0.4, -0.2) is 41.6 Å². The van der Waals surface area contributed by atoms with Gasteiger partial charge < -0.3 is 20.1 Å². The number of carbonyl (C=O) groups excluding carboxylic acids is 3. The van der Waals surface area contributed by atoms with Crippen LogP contribution in [0.4, 0.5) is 4.79 Å². The van der Waals surface area contributed by atoms with E-state index in [1.165, 1.54) is 4.90 Å². The van der Waals surface area contributed by atoms with Crippen molar-refractivity contribution in [3.63, 3.8) is 0 Å². The average molecular weight is 359 g/mol. The van der Waals surface area contributed by atoms with E-state index in [1.807, 2.05) is 12.1 Å². The molecule has 2 aliphatic heterocycles. The fourth-order valence-electron chi connectivity index (χ4n) is 3.75. The maximum absolute atomic E-state index is 12.5. The zero-order valence-electron chi connectivity index (χ0n) is 14.4. The second kappa shape index (κ2) is 6.51. The summed E-state index contributed by atoms with van der Waals surface area (Å²) in [6.45, 7) is 0.650. The molecule has 0 atom stereocenters. The summed E-state index contributed by atoms with van der Waals surface area (Å²) >= 11 is 0. The van der Waals surface area contributed by atoms with Gasteiger partial charge in [-0.1, -0.05) is 18.9 Å². The van der Waals surface area contributed by atoms with Gasteiger partial charge in [0.05, 0.1) is 0 Å². The molecule has 1 spiro atoms.